The first kappa shape index (κ1) is 28.2. The lowest BCUT2D eigenvalue weighted by atomic mass is 9.83. The average Bonchev–Trinajstić information content (AvgIpc) is 2.94. The number of anilines is 1. The molecule has 0 aromatic heterocycles. The third-order valence-electron chi connectivity index (χ3n) is 8.13. The molecule has 0 saturated carbocycles. The van der Waals surface area contributed by atoms with Crippen LogP contribution in [0.4, 0.5) is 23.7 Å². The molecule has 0 N–H and O–H groups in total. The van der Waals surface area contributed by atoms with Gasteiger partial charge in [-0.25, -0.2) is 26.4 Å². The summed E-state index contributed by atoms with van der Waals surface area (Å²) in [6.07, 6.45) is 0.924. The van der Waals surface area contributed by atoms with E-state index in [0.29, 0.717) is 29.6 Å². The molecule has 1 amide bonds. The quantitative estimate of drug-likeness (QED) is 0.307. The van der Waals surface area contributed by atoms with Crippen molar-refractivity contribution < 1.29 is 35.6 Å². The first-order valence-electron chi connectivity index (χ1n) is 13.5. The van der Waals surface area contributed by atoms with Gasteiger partial charge in [0.2, 0.25) is 0 Å². The number of sulfone groups is 1. The van der Waals surface area contributed by atoms with E-state index in [2.05, 4.69) is 0 Å². The number of piperidine rings is 3. The molecular formula is C30H32F3N2O4S+. The monoisotopic (exact) mass is 573 g/mol. The smallest absolute Gasteiger partial charge is 0.415 e. The van der Waals surface area contributed by atoms with Crippen LogP contribution in [0.3, 0.4) is 0 Å². The van der Waals surface area contributed by atoms with Crippen LogP contribution >= 0.6 is 0 Å². The van der Waals surface area contributed by atoms with Gasteiger partial charge in [-0.2, -0.15) is 0 Å². The molecule has 6 nitrogen and oxygen atoms in total. The van der Waals surface area contributed by atoms with Crippen LogP contribution in [0.1, 0.15) is 24.8 Å². The minimum Gasteiger partial charge on any atom is -0.440 e. The van der Waals surface area contributed by atoms with Crippen molar-refractivity contribution >= 4 is 21.6 Å². The second-order valence-corrected chi connectivity index (χ2v) is 12.8. The molecule has 3 heterocycles. The summed E-state index contributed by atoms with van der Waals surface area (Å²) in [6, 6.07) is 17.0. The zero-order valence-corrected chi connectivity index (χ0v) is 22.8. The summed E-state index contributed by atoms with van der Waals surface area (Å²) < 4.78 is 74.4. The van der Waals surface area contributed by atoms with Crippen LogP contribution in [0, 0.1) is 23.4 Å². The number of carbonyl (C=O) groups excluding carboxylic acids is 1. The van der Waals surface area contributed by atoms with Crippen LogP contribution in [0.2, 0.25) is 0 Å². The maximum Gasteiger partial charge on any atom is 0.415 e. The number of para-hydroxylation sites is 1. The van der Waals surface area contributed by atoms with Gasteiger partial charge < -0.3 is 9.22 Å². The summed E-state index contributed by atoms with van der Waals surface area (Å²) in [5.41, 5.74) is 0.690. The van der Waals surface area contributed by atoms with Gasteiger partial charge in [0.05, 0.1) is 37.6 Å². The Morgan fingerprint density at radius 1 is 0.900 bits per heavy atom. The molecule has 0 spiro atoms. The van der Waals surface area contributed by atoms with E-state index >= 15 is 0 Å². The summed E-state index contributed by atoms with van der Waals surface area (Å²) in [5, 5.41) is 0. The molecule has 1 atom stereocenters. The molecule has 0 radical (unpaired) electrons. The molecular weight excluding hydrogens is 541 g/mol. The van der Waals surface area contributed by atoms with Gasteiger partial charge in [-0.3, -0.25) is 4.90 Å². The van der Waals surface area contributed by atoms with Crippen molar-refractivity contribution in [1.82, 2.24) is 0 Å². The summed E-state index contributed by atoms with van der Waals surface area (Å²) in [6.45, 7) is 2.82. The van der Waals surface area contributed by atoms with Crippen LogP contribution in [0.25, 0.3) is 0 Å². The first-order valence-corrected chi connectivity index (χ1v) is 15.1. The predicted molar refractivity (Wildman–Crippen MR) is 145 cm³/mol. The maximum atomic E-state index is 14.8. The van der Waals surface area contributed by atoms with E-state index in [1.807, 2.05) is 0 Å². The number of hydrogen-bond acceptors (Lipinski definition) is 4. The van der Waals surface area contributed by atoms with Crippen molar-refractivity contribution in [2.24, 2.45) is 5.92 Å². The van der Waals surface area contributed by atoms with Crippen molar-refractivity contribution in [3.63, 3.8) is 0 Å². The van der Waals surface area contributed by atoms with Crippen LogP contribution < -0.4 is 4.90 Å². The van der Waals surface area contributed by atoms with E-state index in [1.165, 1.54) is 53.4 Å². The Bertz CT molecular complexity index is 1460. The zero-order chi connectivity index (χ0) is 28.3. The zero-order valence-electron chi connectivity index (χ0n) is 22.0. The summed E-state index contributed by atoms with van der Waals surface area (Å²) >= 11 is 0. The molecule has 3 aromatic rings. The fourth-order valence-electron chi connectivity index (χ4n) is 5.95. The number of fused-ring (bicyclic) bond motifs is 3. The molecule has 3 aliphatic rings. The predicted octanol–water partition coefficient (Wildman–Crippen LogP) is 5.72. The van der Waals surface area contributed by atoms with Gasteiger partial charge in [0, 0.05) is 25.2 Å². The van der Waals surface area contributed by atoms with Crippen LogP contribution in [-0.4, -0.2) is 57.0 Å². The van der Waals surface area contributed by atoms with Crippen molar-refractivity contribution in [2.75, 3.05) is 36.8 Å². The van der Waals surface area contributed by atoms with E-state index in [4.69, 9.17) is 4.74 Å². The Morgan fingerprint density at radius 2 is 1.55 bits per heavy atom. The number of ether oxygens (including phenoxy) is 1. The third kappa shape index (κ3) is 6.18. The van der Waals surface area contributed by atoms with Gasteiger partial charge in [-0.15, -0.1) is 0 Å². The highest BCUT2D eigenvalue weighted by atomic mass is 32.2. The lowest BCUT2D eigenvalue weighted by Gasteiger charge is -2.52. The summed E-state index contributed by atoms with van der Waals surface area (Å²) in [4.78, 5) is 14.4. The highest BCUT2D eigenvalue weighted by molar-refractivity contribution is 7.91. The van der Waals surface area contributed by atoms with Crippen molar-refractivity contribution in [3.8, 4) is 0 Å². The average molecular weight is 574 g/mol. The highest BCUT2D eigenvalue weighted by Crippen LogP contribution is 2.37. The van der Waals surface area contributed by atoms with Gasteiger partial charge >= 0.3 is 6.09 Å². The molecule has 3 aromatic carbocycles. The van der Waals surface area contributed by atoms with Crippen molar-refractivity contribution in [3.05, 3.63) is 95.8 Å². The Labute approximate surface area is 232 Å². The van der Waals surface area contributed by atoms with Gasteiger partial charge in [-0.05, 0) is 42.0 Å². The van der Waals surface area contributed by atoms with E-state index in [1.54, 1.807) is 18.2 Å². The van der Waals surface area contributed by atoms with Gasteiger partial charge in [0.25, 0.3) is 0 Å². The molecule has 0 unspecified atom stereocenters. The van der Waals surface area contributed by atoms with E-state index < -0.39 is 39.5 Å². The van der Waals surface area contributed by atoms with Gasteiger partial charge in [-0.1, -0.05) is 36.4 Å². The molecule has 212 valence electrons. The summed E-state index contributed by atoms with van der Waals surface area (Å²) in [7, 11) is -3.76. The van der Waals surface area contributed by atoms with E-state index in [-0.39, 0.29) is 28.8 Å². The molecule has 3 saturated heterocycles. The normalized spacial score (nSPS) is 22.2. The lowest BCUT2D eigenvalue weighted by Crippen LogP contribution is -2.65. The number of hydrogen-bond donors (Lipinski definition) is 0. The van der Waals surface area contributed by atoms with Gasteiger partial charge in [0.1, 0.15) is 28.9 Å². The molecule has 3 fully saturated rings. The minimum absolute atomic E-state index is 0.00530. The Kier molecular flexibility index (Phi) is 8.19. The maximum absolute atomic E-state index is 14.8. The number of benzene rings is 3. The molecule has 2 bridgehead atoms. The van der Waals surface area contributed by atoms with E-state index in [0.717, 1.165) is 32.0 Å². The topological polar surface area (TPSA) is 63.7 Å². The lowest BCUT2D eigenvalue weighted by molar-refractivity contribution is -0.946. The molecule has 10 heteroatoms. The Hall–Kier alpha value is -3.37. The van der Waals surface area contributed by atoms with Gasteiger partial charge in [0.15, 0.2) is 15.9 Å². The van der Waals surface area contributed by atoms with Crippen LogP contribution in [-0.2, 0) is 21.1 Å². The second kappa shape index (κ2) is 11.6. The summed E-state index contributed by atoms with van der Waals surface area (Å²) in [5.74, 6) is -1.73. The molecule has 40 heavy (non-hydrogen) atoms. The second-order valence-electron chi connectivity index (χ2n) is 10.7. The SMILES string of the molecule is O=C(O[C@H]1C[N+]2(CCCS(=O)(=O)c3ccccc3F)CCC1CC2)N(Cc1ccc(F)cc1)c1ccccc1F. The molecule has 3 aliphatic heterocycles. The number of carbonyl (C=O) groups is 1. The molecule has 0 aliphatic carbocycles. The largest absolute Gasteiger partial charge is 0.440 e. The van der Waals surface area contributed by atoms with Crippen LogP contribution in [0.15, 0.2) is 77.7 Å². The number of nitrogens with zero attached hydrogens (tertiary/aromatic N) is 2. The standard InChI is InChI=1S/C30H32F3N2O4S/c31-24-12-10-22(11-13-24)20-34(27-8-3-1-6-25(27)32)30(36)39-28-21-35(17-14-23(28)15-18-35)16-5-19-40(37,38)29-9-4-2-7-26(29)33/h1-4,6-13,23,28H,5,14-21H2/q+1/t23?,28-,35?/m0/s1. The molecule has 6 rings (SSSR count). The minimum atomic E-state index is -3.76. The first-order chi connectivity index (χ1) is 19.2. The third-order valence-corrected chi connectivity index (χ3v) is 9.96. The number of rotatable bonds is 9. The Morgan fingerprint density at radius 3 is 2.23 bits per heavy atom. The van der Waals surface area contributed by atoms with Crippen molar-refractivity contribution in [1.29, 1.82) is 0 Å². The van der Waals surface area contributed by atoms with Crippen LogP contribution in [0.5, 0.6) is 0 Å². The number of quaternary nitrogens is 1. The Balaban J connectivity index is 1.27. The fraction of sp³-hybridized carbons (Fsp3) is 0.367. The van der Waals surface area contributed by atoms with Crippen molar-refractivity contribution in [2.45, 2.75) is 36.8 Å². The van der Waals surface area contributed by atoms with E-state index in [9.17, 15) is 26.4 Å². The fourth-order valence-corrected chi connectivity index (χ4v) is 7.33. The highest BCUT2D eigenvalue weighted by Gasteiger charge is 2.48. The number of amides is 1. The number of halogens is 3.